The molecule has 4 aliphatic rings. The minimum absolute atomic E-state index is 0.311. The Bertz CT molecular complexity index is 370. The molecule has 1 saturated heterocycles. The molecular formula is C18H32N2. The fourth-order valence-corrected chi connectivity index (χ4v) is 5.88. The largest absolute Gasteiger partial charge is 0.309 e. The summed E-state index contributed by atoms with van der Waals surface area (Å²) in [6.07, 6.45) is 12.0. The van der Waals surface area contributed by atoms with Gasteiger partial charge in [-0.2, -0.15) is 0 Å². The molecule has 0 radical (unpaired) electrons. The highest BCUT2D eigenvalue weighted by atomic mass is 15.3. The fourth-order valence-electron chi connectivity index (χ4n) is 5.88. The van der Waals surface area contributed by atoms with E-state index in [4.69, 9.17) is 0 Å². The number of rotatable bonds is 2. The summed E-state index contributed by atoms with van der Waals surface area (Å²) in [4.78, 5) is 2.95. The number of hydrogen-bond donors (Lipinski definition) is 1. The first-order chi connectivity index (χ1) is 9.56. The van der Waals surface area contributed by atoms with Gasteiger partial charge in [-0.1, -0.05) is 19.3 Å². The van der Waals surface area contributed by atoms with Crippen LogP contribution in [0.4, 0.5) is 0 Å². The van der Waals surface area contributed by atoms with Crippen molar-refractivity contribution in [1.82, 2.24) is 10.2 Å². The van der Waals surface area contributed by atoms with Crippen molar-refractivity contribution in [2.75, 3.05) is 19.6 Å². The molecule has 3 unspecified atom stereocenters. The molecule has 3 atom stereocenters. The zero-order valence-electron chi connectivity index (χ0n) is 13.5. The number of piperazine rings is 1. The standard InChI is InChI=1S/C18H32N2/c1-17(2)13-20(18(12-19-17)7-3-4-8-18)11-16-10-14-5-6-15(16)9-14/h14-16,19H,3-13H2,1-2H3. The Labute approximate surface area is 124 Å². The molecule has 4 rings (SSSR count). The minimum Gasteiger partial charge on any atom is -0.309 e. The van der Waals surface area contributed by atoms with Crippen molar-refractivity contribution in [3.8, 4) is 0 Å². The van der Waals surface area contributed by atoms with E-state index in [1.807, 2.05) is 0 Å². The molecule has 114 valence electrons. The summed E-state index contributed by atoms with van der Waals surface area (Å²) in [5, 5.41) is 3.84. The molecule has 2 nitrogen and oxygen atoms in total. The molecule has 2 bridgehead atoms. The summed E-state index contributed by atoms with van der Waals surface area (Å²) in [6.45, 7) is 8.69. The van der Waals surface area contributed by atoms with Gasteiger partial charge >= 0.3 is 0 Å². The van der Waals surface area contributed by atoms with Crippen LogP contribution in [0.2, 0.25) is 0 Å². The van der Waals surface area contributed by atoms with Gasteiger partial charge in [0.2, 0.25) is 0 Å². The first kappa shape index (κ1) is 13.6. The summed E-state index contributed by atoms with van der Waals surface area (Å²) in [7, 11) is 0. The van der Waals surface area contributed by atoms with Crippen molar-refractivity contribution in [3.63, 3.8) is 0 Å². The van der Waals surface area contributed by atoms with E-state index in [-0.39, 0.29) is 0 Å². The van der Waals surface area contributed by atoms with Gasteiger partial charge in [0.15, 0.2) is 0 Å². The lowest BCUT2D eigenvalue weighted by molar-refractivity contribution is 0.000641. The van der Waals surface area contributed by atoms with Crippen molar-refractivity contribution in [2.24, 2.45) is 17.8 Å². The summed E-state index contributed by atoms with van der Waals surface area (Å²) in [6, 6.07) is 0. The van der Waals surface area contributed by atoms with E-state index < -0.39 is 0 Å². The molecule has 3 aliphatic carbocycles. The second kappa shape index (κ2) is 4.71. The van der Waals surface area contributed by atoms with E-state index in [9.17, 15) is 0 Å². The van der Waals surface area contributed by atoms with E-state index in [2.05, 4.69) is 24.1 Å². The Morgan fingerprint density at radius 1 is 1.10 bits per heavy atom. The maximum atomic E-state index is 3.84. The Hall–Kier alpha value is -0.0800. The Morgan fingerprint density at radius 2 is 1.90 bits per heavy atom. The number of hydrogen-bond acceptors (Lipinski definition) is 2. The second-order valence-electron chi connectivity index (χ2n) is 8.98. The molecular weight excluding hydrogens is 244 g/mol. The van der Waals surface area contributed by atoms with Crippen molar-refractivity contribution in [3.05, 3.63) is 0 Å². The predicted octanol–water partition coefficient (Wildman–Crippen LogP) is 3.42. The van der Waals surface area contributed by atoms with Crippen LogP contribution in [0.5, 0.6) is 0 Å². The molecule has 0 amide bonds. The van der Waals surface area contributed by atoms with Crippen molar-refractivity contribution in [1.29, 1.82) is 0 Å². The highest BCUT2D eigenvalue weighted by molar-refractivity contribution is 5.06. The molecule has 1 spiro atoms. The monoisotopic (exact) mass is 276 g/mol. The van der Waals surface area contributed by atoms with Gasteiger partial charge in [-0.3, -0.25) is 4.90 Å². The van der Waals surface area contributed by atoms with E-state index >= 15 is 0 Å². The third-order valence-electron chi connectivity index (χ3n) is 7.03. The first-order valence-corrected chi connectivity index (χ1v) is 9.06. The zero-order chi connectivity index (χ0) is 13.8. The molecule has 1 heterocycles. The third kappa shape index (κ3) is 2.23. The normalized spacial score (nSPS) is 42.6. The lowest BCUT2D eigenvalue weighted by Crippen LogP contribution is -2.68. The fraction of sp³-hybridized carbons (Fsp3) is 1.00. The number of fused-ring (bicyclic) bond motifs is 2. The summed E-state index contributed by atoms with van der Waals surface area (Å²) >= 11 is 0. The average Bonchev–Trinajstić information content (AvgIpc) is 3.11. The van der Waals surface area contributed by atoms with Gasteiger partial charge in [0.05, 0.1) is 0 Å². The Balaban J connectivity index is 1.50. The molecule has 1 N–H and O–H groups in total. The molecule has 4 fully saturated rings. The van der Waals surface area contributed by atoms with Crippen LogP contribution >= 0.6 is 0 Å². The highest BCUT2D eigenvalue weighted by Crippen LogP contribution is 2.50. The van der Waals surface area contributed by atoms with Crippen LogP contribution in [0.15, 0.2) is 0 Å². The smallest absolute Gasteiger partial charge is 0.0335 e. The molecule has 0 aromatic heterocycles. The maximum Gasteiger partial charge on any atom is 0.0335 e. The van der Waals surface area contributed by atoms with Gasteiger partial charge in [-0.05, 0) is 63.7 Å². The zero-order valence-corrected chi connectivity index (χ0v) is 13.5. The van der Waals surface area contributed by atoms with Crippen molar-refractivity contribution in [2.45, 2.75) is 76.3 Å². The Morgan fingerprint density at radius 3 is 2.55 bits per heavy atom. The van der Waals surface area contributed by atoms with E-state index in [1.54, 1.807) is 19.3 Å². The van der Waals surface area contributed by atoms with Gasteiger partial charge < -0.3 is 5.32 Å². The van der Waals surface area contributed by atoms with Crippen LogP contribution in [-0.2, 0) is 0 Å². The first-order valence-electron chi connectivity index (χ1n) is 9.06. The van der Waals surface area contributed by atoms with Crippen molar-refractivity contribution < 1.29 is 0 Å². The van der Waals surface area contributed by atoms with Crippen LogP contribution in [0.1, 0.15) is 65.2 Å². The van der Waals surface area contributed by atoms with E-state index in [0.717, 1.165) is 17.8 Å². The van der Waals surface area contributed by atoms with Crippen LogP contribution in [0, 0.1) is 17.8 Å². The van der Waals surface area contributed by atoms with Crippen LogP contribution in [0.25, 0.3) is 0 Å². The summed E-state index contributed by atoms with van der Waals surface area (Å²) < 4.78 is 0. The molecule has 1 aliphatic heterocycles. The average molecular weight is 276 g/mol. The van der Waals surface area contributed by atoms with Gasteiger partial charge in [0.25, 0.3) is 0 Å². The van der Waals surface area contributed by atoms with Crippen LogP contribution in [-0.4, -0.2) is 35.6 Å². The van der Waals surface area contributed by atoms with Gasteiger partial charge in [-0.15, -0.1) is 0 Å². The second-order valence-corrected chi connectivity index (χ2v) is 8.98. The van der Waals surface area contributed by atoms with Crippen LogP contribution < -0.4 is 5.32 Å². The van der Waals surface area contributed by atoms with Gasteiger partial charge in [0.1, 0.15) is 0 Å². The topological polar surface area (TPSA) is 15.3 Å². The SMILES string of the molecule is CC1(C)CN(CC2CC3CCC2C3)C2(CCCC2)CN1. The lowest BCUT2D eigenvalue weighted by atomic mass is 9.83. The molecule has 2 heteroatoms. The maximum absolute atomic E-state index is 3.84. The number of nitrogens with zero attached hydrogens (tertiary/aromatic N) is 1. The molecule has 0 aromatic rings. The Kier molecular flexibility index (Phi) is 3.20. The van der Waals surface area contributed by atoms with Gasteiger partial charge in [0, 0.05) is 30.7 Å². The molecule has 20 heavy (non-hydrogen) atoms. The molecule has 3 saturated carbocycles. The quantitative estimate of drug-likeness (QED) is 0.831. The highest BCUT2D eigenvalue weighted by Gasteiger charge is 2.48. The third-order valence-corrected chi connectivity index (χ3v) is 7.03. The number of nitrogens with one attached hydrogen (secondary N) is 1. The minimum atomic E-state index is 0.311. The van der Waals surface area contributed by atoms with Gasteiger partial charge in [-0.25, -0.2) is 0 Å². The van der Waals surface area contributed by atoms with E-state index in [0.29, 0.717) is 11.1 Å². The van der Waals surface area contributed by atoms with Crippen LogP contribution in [0.3, 0.4) is 0 Å². The summed E-state index contributed by atoms with van der Waals surface area (Å²) in [5.41, 5.74) is 0.836. The molecule has 0 aromatic carbocycles. The van der Waals surface area contributed by atoms with E-state index in [1.165, 1.54) is 51.7 Å². The predicted molar refractivity (Wildman–Crippen MR) is 83.8 cm³/mol. The van der Waals surface area contributed by atoms with Crippen molar-refractivity contribution >= 4 is 0 Å². The lowest BCUT2D eigenvalue weighted by Gasteiger charge is -2.52. The summed E-state index contributed by atoms with van der Waals surface area (Å²) in [5.74, 6) is 3.21.